The summed E-state index contributed by atoms with van der Waals surface area (Å²) in [5.41, 5.74) is 7.72. The van der Waals surface area contributed by atoms with E-state index in [-0.39, 0.29) is 5.41 Å². The third-order valence-corrected chi connectivity index (χ3v) is 3.44. The van der Waals surface area contributed by atoms with E-state index in [0.717, 1.165) is 36.5 Å². The molecule has 110 valence electrons. The quantitative estimate of drug-likeness (QED) is 0.879. The average molecular weight is 275 g/mol. The predicted octanol–water partition coefficient (Wildman–Crippen LogP) is 2.42. The van der Waals surface area contributed by atoms with Gasteiger partial charge in [-0.1, -0.05) is 27.7 Å². The van der Waals surface area contributed by atoms with E-state index in [2.05, 4.69) is 49.2 Å². The summed E-state index contributed by atoms with van der Waals surface area (Å²) in [6, 6.07) is 2.11. The van der Waals surface area contributed by atoms with Crippen LogP contribution in [0, 0.1) is 5.92 Å². The smallest absolute Gasteiger partial charge is 0.152 e. The molecule has 2 aromatic heterocycles. The Hall–Kier alpha value is -1.62. The van der Waals surface area contributed by atoms with Gasteiger partial charge in [-0.2, -0.15) is 5.10 Å². The largest absolute Gasteiger partial charge is 0.368 e. The normalized spacial score (nSPS) is 13.7. The van der Waals surface area contributed by atoms with Crippen LogP contribution in [0.25, 0.3) is 5.52 Å². The molecule has 0 aliphatic rings. The lowest BCUT2D eigenvalue weighted by atomic mass is 9.92. The van der Waals surface area contributed by atoms with Crippen molar-refractivity contribution in [2.45, 2.75) is 39.5 Å². The van der Waals surface area contributed by atoms with Crippen LogP contribution in [-0.4, -0.2) is 27.7 Å². The first-order chi connectivity index (χ1) is 9.41. The van der Waals surface area contributed by atoms with Gasteiger partial charge < -0.3 is 11.1 Å². The average Bonchev–Trinajstić information content (AvgIpc) is 2.81. The van der Waals surface area contributed by atoms with Crippen molar-refractivity contribution in [1.29, 1.82) is 0 Å². The summed E-state index contributed by atoms with van der Waals surface area (Å²) in [6.07, 6.45) is 4.68. The highest BCUT2D eigenvalue weighted by Crippen LogP contribution is 2.24. The molecule has 20 heavy (non-hydrogen) atoms. The van der Waals surface area contributed by atoms with Gasteiger partial charge in [0.2, 0.25) is 0 Å². The summed E-state index contributed by atoms with van der Waals surface area (Å²) in [7, 11) is 0. The van der Waals surface area contributed by atoms with Crippen LogP contribution >= 0.6 is 0 Å². The molecule has 2 aromatic rings. The minimum Gasteiger partial charge on any atom is -0.368 e. The van der Waals surface area contributed by atoms with Gasteiger partial charge in [-0.05, 0) is 24.9 Å². The topological polar surface area (TPSA) is 68.2 Å². The second-order valence-electron chi connectivity index (χ2n) is 6.45. The SMILES string of the molecule is CC(CCN)CNc1nccn2nc(C(C)(C)C)cc12. The molecule has 0 aliphatic carbocycles. The van der Waals surface area contributed by atoms with Crippen LogP contribution in [0.5, 0.6) is 0 Å². The summed E-state index contributed by atoms with van der Waals surface area (Å²) in [6.45, 7) is 10.3. The fourth-order valence-electron chi connectivity index (χ4n) is 2.08. The van der Waals surface area contributed by atoms with Crippen LogP contribution < -0.4 is 11.1 Å². The number of fused-ring (bicyclic) bond motifs is 1. The van der Waals surface area contributed by atoms with Crippen molar-refractivity contribution in [3.8, 4) is 0 Å². The van der Waals surface area contributed by atoms with Crippen molar-refractivity contribution in [2.75, 3.05) is 18.4 Å². The number of nitrogens with zero attached hydrogens (tertiary/aromatic N) is 3. The lowest BCUT2D eigenvalue weighted by molar-refractivity contribution is 0.562. The fourth-order valence-corrected chi connectivity index (χ4v) is 2.08. The summed E-state index contributed by atoms with van der Waals surface area (Å²) in [5, 5.41) is 8.03. The van der Waals surface area contributed by atoms with Crippen LogP contribution in [-0.2, 0) is 5.41 Å². The highest BCUT2D eigenvalue weighted by atomic mass is 15.2. The van der Waals surface area contributed by atoms with Gasteiger partial charge in [-0.25, -0.2) is 9.50 Å². The van der Waals surface area contributed by atoms with Gasteiger partial charge in [0.1, 0.15) is 5.52 Å². The molecule has 2 rings (SSSR count). The van der Waals surface area contributed by atoms with Crippen LogP contribution in [0.2, 0.25) is 0 Å². The van der Waals surface area contributed by atoms with E-state index in [0.29, 0.717) is 5.92 Å². The third kappa shape index (κ3) is 3.28. The summed E-state index contributed by atoms with van der Waals surface area (Å²) in [4.78, 5) is 4.43. The molecular formula is C15H25N5. The van der Waals surface area contributed by atoms with Crippen LogP contribution in [0.3, 0.4) is 0 Å². The Morgan fingerprint density at radius 3 is 2.80 bits per heavy atom. The van der Waals surface area contributed by atoms with Crippen molar-refractivity contribution < 1.29 is 0 Å². The monoisotopic (exact) mass is 275 g/mol. The maximum atomic E-state index is 5.58. The molecule has 0 aliphatic heterocycles. The summed E-state index contributed by atoms with van der Waals surface area (Å²) in [5.74, 6) is 1.42. The zero-order valence-electron chi connectivity index (χ0n) is 12.8. The van der Waals surface area contributed by atoms with Crippen molar-refractivity contribution >= 4 is 11.3 Å². The number of rotatable bonds is 5. The lowest BCUT2D eigenvalue weighted by Gasteiger charge is -2.13. The second-order valence-corrected chi connectivity index (χ2v) is 6.45. The van der Waals surface area contributed by atoms with E-state index < -0.39 is 0 Å². The molecule has 0 bridgehead atoms. The van der Waals surface area contributed by atoms with Gasteiger partial charge >= 0.3 is 0 Å². The molecule has 1 atom stereocenters. The number of nitrogens with one attached hydrogen (secondary N) is 1. The first kappa shape index (κ1) is 14.8. The Kier molecular flexibility index (Phi) is 4.28. The highest BCUT2D eigenvalue weighted by molar-refractivity contribution is 5.68. The standard InChI is InChI=1S/C15H25N5/c1-11(5-6-16)10-18-14-12-9-13(15(2,3)4)19-20(12)8-7-17-14/h7-9,11H,5-6,10,16H2,1-4H3,(H,17,18). The van der Waals surface area contributed by atoms with Gasteiger partial charge in [0.05, 0.1) is 5.69 Å². The molecular weight excluding hydrogens is 250 g/mol. The van der Waals surface area contributed by atoms with E-state index in [1.54, 1.807) is 6.20 Å². The maximum absolute atomic E-state index is 5.58. The molecule has 0 saturated heterocycles. The number of anilines is 1. The van der Waals surface area contributed by atoms with Crippen LogP contribution in [0.1, 0.15) is 39.8 Å². The van der Waals surface area contributed by atoms with Gasteiger partial charge in [0.15, 0.2) is 5.82 Å². The van der Waals surface area contributed by atoms with E-state index in [1.807, 2.05) is 10.7 Å². The fraction of sp³-hybridized carbons (Fsp3) is 0.600. The lowest BCUT2D eigenvalue weighted by Crippen LogP contribution is -2.16. The van der Waals surface area contributed by atoms with Crippen molar-refractivity contribution in [3.05, 3.63) is 24.2 Å². The number of nitrogens with two attached hydrogens (primary N) is 1. The maximum Gasteiger partial charge on any atom is 0.152 e. The van der Waals surface area contributed by atoms with Gasteiger partial charge in [0, 0.05) is 24.4 Å². The van der Waals surface area contributed by atoms with Crippen molar-refractivity contribution in [1.82, 2.24) is 14.6 Å². The molecule has 0 saturated carbocycles. The molecule has 0 spiro atoms. The number of aromatic nitrogens is 3. The Bertz CT molecular complexity index is 567. The van der Waals surface area contributed by atoms with E-state index in [4.69, 9.17) is 5.73 Å². The predicted molar refractivity (Wildman–Crippen MR) is 83.0 cm³/mol. The minimum atomic E-state index is 0.0378. The Morgan fingerprint density at radius 2 is 2.15 bits per heavy atom. The first-order valence-electron chi connectivity index (χ1n) is 7.20. The molecule has 0 fully saturated rings. The third-order valence-electron chi connectivity index (χ3n) is 3.44. The second kappa shape index (κ2) is 5.79. The molecule has 1 unspecified atom stereocenters. The van der Waals surface area contributed by atoms with Crippen molar-refractivity contribution in [2.24, 2.45) is 11.7 Å². The van der Waals surface area contributed by atoms with Gasteiger partial charge in [0.25, 0.3) is 0 Å². The minimum absolute atomic E-state index is 0.0378. The molecule has 0 aromatic carbocycles. The molecule has 5 heteroatoms. The van der Waals surface area contributed by atoms with E-state index in [9.17, 15) is 0 Å². The zero-order chi connectivity index (χ0) is 14.8. The Labute approximate surface area is 120 Å². The number of hydrogen-bond acceptors (Lipinski definition) is 4. The van der Waals surface area contributed by atoms with Gasteiger partial charge in [-0.3, -0.25) is 0 Å². The summed E-state index contributed by atoms with van der Waals surface area (Å²) >= 11 is 0. The first-order valence-corrected chi connectivity index (χ1v) is 7.20. The van der Waals surface area contributed by atoms with E-state index in [1.165, 1.54) is 0 Å². The molecule has 2 heterocycles. The number of hydrogen-bond donors (Lipinski definition) is 2. The molecule has 0 amide bonds. The molecule has 5 nitrogen and oxygen atoms in total. The van der Waals surface area contributed by atoms with Crippen molar-refractivity contribution in [3.63, 3.8) is 0 Å². The zero-order valence-corrected chi connectivity index (χ0v) is 12.8. The molecule has 0 radical (unpaired) electrons. The Balaban J connectivity index is 2.23. The Morgan fingerprint density at radius 1 is 1.40 bits per heavy atom. The van der Waals surface area contributed by atoms with Gasteiger partial charge in [-0.15, -0.1) is 0 Å². The van der Waals surface area contributed by atoms with E-state index >= 15 is 0 Å². The van der Waals surface area contributed by atoms with Crippen LogP contribution in [0.4, 0.5) is 5.82 Å². The van der Waals surface area contributed by atoms with Crippen LogP contribution in [0.15, 0.2) is 18.5 Å². The highest BCUT2D eigenvalue weighted by Gasteiger charge is 2.19. The molecule has 3 N–H and O–H groups in total. The summed E-state index contributed by atoms with van der Waals surface area (Å²) < 4.78 is 1.89.